The first-order valence-electron chi connectivity index (χ1n) is 12.0. The van der Waals surface area contributed by atoms with Crippen LogP contribution in [0.25, 0.3) is 0 Å². The summed E-state index contributed by atoms with van der Waals surface area (Å²) in [6.45, 7) is -0.233. The van der Waals surface area contributed by atoms with E-state index >= 15 is 0 Å². The molecule has 2 aromatic rings. The molecule has 0 aromatic heterocycles. The van der Waals surface area contributed by atoms with Crippen LogP contribution in [0.15, 0.2) is 69.6 Å². The second-order valence-electron chi connectivity index (χ2n) is 9.01. The van der Waals surface area contributed by atoms with Crippen LogP contribution in [0.3, 0.4) is 0 Å². The number of ether oxygens (including phenoxy) is 3. The van der Waals surface area contributed by atoms with Gasteiger partial charge in [0.15, 0.2) is 18.2 Å². The van der Waals surface area contributed by atoms with Gasteiger partial charge in [0.1, 0.15) is 23.0 Å². The maximum Gasteiger partial charge on any atom is 0.262 e. The molecule has 0 atom stereocenters. The average Bonchev–Trinajstić information content (AvgIpc) is 2.87. The lowest BCUT2D eigenvalue weighted by atomic mass is 9.73. The number of anilines is 1. The largest absolute Gasteiger partial charge is 0.497 e. The minimum atomic E-state index is -0.568. The maximum absolute atomic E-state index is 13.1. The van der Waals surface area contributed by atoms with Gasteiger partial charge in [0.25, 0.3) is 5.91 Å². The van der Waals surface area contributed by atoms with Crippen LogP contribution in [-0.2, 0) is 19.1 Å². The van der Waals surface area contributed by atoms with Crippen LogP contribution in [0, 0.1) is 0 Å². The maximum atomic E-state index is 13.1. The van der Waals surface area contributed by atoms with Crippen LogP contribution in [0.2, 0.25) is 0 Å². The lowest BCUT2D eigenvalue weighted by Gasteiger charge is -2.36. The number of hydrogen-bond donors (Lipinski definition) is 1. The van der Waals surface area contributed by atoms with Crippen molar-refractivity contribution in [1.29, 1.82) is 0 Å². The molecule has 1 aliphatic heterocycles. The zero-order chi connectivity index (χ0) is 25.2. The molecule has 0 unspecified atom stereocenters. The second-order valence-corrected chi connectivity index (χ2v) is 9.93. The lowest BCUT2D eigenvalue weighted by Crippen LogP contribution is -2.30. The number of allylic oxidation sites excluding steroid dienone is 4. The van der Waals surface area contributed by atoms with Crippen molar-refractivity contribution in [2.45, 2.75) is 44.4 Å². The van der Waals surface area contributed by atoms with E-state index in [0.717, 1.165) is 17.3 Å². The Bertz CT molecular complexity index is 1250. The quantitative estimate of drug-likeness (QED) is 0.502. The van der Waals surface area contributed by atoms with Gasteiger partial charge in [0.05, 0.1) is 13.0 Å². The number of amides is 1. The smallest absolute Gasteiger partial charge is 0.262 e. The van der Waals surface area contributed by atoms with Crippen LogP contribution in [0.1, 0.15) is 50.0 Å². The predicted molar refractivity (Wildman–Crippen MR) is 137 cm³/mol. The molecule has 2 aromatic carbocycles. The van der Waals surface area contributed by atoms with E-state index in [4.69, 9.17) is 14.2 Å². The topological polar surface area (TPSA) is 90.9 Å². The van der Waals surface area contributed by atoms with Gasteiger partial charge in [-0.25, -0.2) is 0 Å². The van der Waals surface area contributed by atoms with Crippen LogP contribution >= 0.6 is 15.9 Å². The van der Waals surface area contributed by atoms with Crippen molar-refractivity contribution in [2.24, 2.45) is 0 Å². The predicted octanol–water partition coefficient (Wildman–Crippen LogP) is 5.60. The summed E-state index contributed by atoms with van der Waals surface area (Å²) < 4.78 is 18.0. The molecule has 8 heteroatoms. The third kappa shape index (κ3) is 4.82. The number of Topliss-reactive ketones (excluding diaryl/α,β-unsaturated/α-hetero) is 2. The number of carbonyl (C=O) groups is 3. The Balaban J connectivity index is 1.45. The molecular formula is C28H26BrNO6. The summed E-state index contributed by atoms with van der Waals surface area (Å²) in [6.07, 6.45) is 3.63. The minimum Gasteiger partial charge on any atom is -0.497 e. The van der Waals surface area contributed by atoms with Crippen molar-refractivity contribution >= 4 is 39.1 Å². The van der Waals surface area contributed by atoms with Gasteiger partial charge in [-0.1, -0.05) is 15.9 Å². The number of carbonyl (C=O) groups excluding carboxylic acids is 3. The van der Waals surface area contributed by atoms with Crippen molar-refractivity contribution in [3.8, 4) is 11.5 Å². The Labute approximate surface area is 217 Å². The molecule has 1 heterocycles. The molecule has 0 fully saturated rings. The van der Waals surface area contributed by atoms with Crippen LogP contribution in [-0.4, -0.2) is 31.2 Å². The molecule has 7 nitrogen and oxygen atoms in total. The van der Waals surface area contributed by atoms with Gasteiger partial charge in [0.2, 0.25) is 0 Å². The molecule has 0 saturated heterocycles. The third-order valence-corrected chi connectivity index (χ3v) is 7.15. The van der Waals surface area contributed by atoms with Gasteiger partial charge in [0, 0.05) is 52.6 Å². The molecule has 0 radical (unpaired) electrons. The molecule has 2 aliphatic carbocycles. The molecular weight excluding hydrogens is 526 g/mol. The number of methoxy groups -OCH3 is 1. The van der Waals surface area contributed by atoms with Gasteiger partial charge in [-0.05, 0) is 55.3 Å². The summed E-state index contributed by atoms with van der Waals surface area (Å²) in [7, 11) is 1.58. The van der Waals surface area contributed by atoms with E-state index in [9.17, 15) is 14.4 Å². The van der Waals surface area contributed by atoms with Crippen LogP contribution < -0.4 is 14.8 Å². The molecule has 5 rings (SSSR count). The third-order valence-electron chi connectivity index (χ3n) is 6.66. The number of benzene rings is 2. The fourth-order valence-corrected chi connectivity index (χ4v) is 5.40. The zero-order valence-corrected chi connectivity index (χ0v) is 21.5. The lowest BCUT2D eigenvalue weighted by molar-refractivity contribution is -0.119. The van der Waals surface area contributed by atoms with Crippen molar-refractivity contribution in [1.82, 2.24) is 0 Å². The first-order chi connectivity index (χ1) is 17.4. The Hall–Kier alpha value is -3.39. The molecule has 0 spiro atoms. The van der Waals surface area contributed by atoms with E-state index in [1.807, 2.05) is 12.1 Å². The number of halogens is 1. The number of ketones is 2. The van der Waals surface area contributed by atoms with E-state index < -0.39 is 5.92 Å². The molecule has 36 heavy (non-hydrogen) atoms. The number of hydrogen-bond acceptors (Lipinski definition) is 6. The number of rotatable bonds is 6. The highest BCUT2D eigenvalue weighted by Crippen LogP contribution is 2.50. The molecule has 0 bridgehead atoms. The van der Waals surface area contributed by atoms with Crippen molar-refractivity contribution < 1.29 is 28.6 Å². The SMILES string of the molecule is COc1ccc(NC(=O)COc2ccc(Br)cc2C2C3=C(CCCC3=O)OC3=C2C(=O)CCC3)cc1. The van der Waals surface area contributed by atoms with Gasteiger partial charge >= 0.3 is 0 Å². The molecule has 0 saturated carbocycles. The molecule has 186 valence electrons. The summed E-state index contributed by atoms with van der Waals surface area (Å²) in [5.41, 5.74) is 2.38. The van der Waals surface area contributed by atoms with Crippen LogP contribution in [0.5, 0.6) is 11.5 Å². The van der Waals surface area contributed by atoms with E-state index in [1.54, 1.807) is 37.4 Å². The minimum absolute atomic E-state index is 0.00523. The van der Waals surface area contributed by atoms with E-state index in [2.05, 4.69) is 21.2 Å². The Morgan fingerprint density at radius 3 is 2.22 bits per heavy atom. The fourth-order valence-electron chi connectivity index (χ4n) is 5.02. The standard InChI is InChI=1S/C28H26BrNO6/c1-34-18-11-9-17(10-12-18)30-25(33)15-35-22-13-8-16(29)14-19(22)26-27-20(31)4-2-6-23(27)36-24-7-3-5-21(32)28(24)26/h8-14,26H,2-7,15H2,1H3,(H,30,33). The van der Waals surface area contributed by atoms with E-state index in [1.165, 1.54) is 0 Å². The highest BCUT2D eigenvalue weighted by Gasteiger charge is 2.42. The molecule has 1 N–H and O–H groups in total. The van der Waals surface area contributed by atoms with Gasteiger partial charge < -0.3 is 19.5 Å². The average molecular weight is 552 g/mol. The van der Waals surface area contributed by atoms with Crippen molar-refractivity contribution in [3.05, 3.63) is 75.2 Å². The van der Waals surface area contributed by atoms with Gasteiger partial charge in [-0.3, -0.25) is 14.4 Å². The Morgan fingerprint density at radius 2 is 1.61 bits per heavy atom. The zero-order valence-electron chi connectivity index (χ0n) is 19.9. The first kappa shape index (κ1) is 24.3. The second kappa shape index (κ2) is 10.3. The summed E-state index contributed by atoms with van der Waals surface area (Å²) in [6, 6.07) is 12.4. The summed E-state index contributed by atoms with van der Waals surface area (Å²) >= 11 is 3.53. The Morgan fingerprint density at radius 1 is 0.972 bits per heavy atom. The molecule has 3 aliphatic rings. The van der Waals surface area contributed by atoms with Gasteiger partial charge in [-0.2, -0.15) is 0 Å². The van der Waals surface area contributed by atoms with Gasteiger partial charge in [-0.15, -0.1) is 0 Å². The fraction of sp³-hybridized carbons (Fsp3) is 0.321. The monoisotopic (exact) mass is 551 g/mol. The number of nitrogens with one attached hydrogen (secondary N) is 1. The highest BCUT2D eigenvalue weighted by atomic mass is 79.9. The summed E-state index contributed by atoms with van der Waals surface area (Å²) in [4.78, 5) is 38.8. The summed E-state index contributed by atoms with van der Waals surface area (Å²) in [5.74, 6) is 1.55. The first-order valence-corrected chi connectivity index (χ1v) is 12.8. The van der Waals surface area contributed by atoms with Crippen molar-refractivity contribution in [2.75, 3.05) is 19.0 Å². The molecule has 1 amide bonds. The summed E-state index contributed by atoms with van der Waals surface area (Å²) in [5, 5.41) is 2.80. The highest BCUT2D eigenvalue weighted by molar-refractivity contribution is 9.10. The van der Waals surface area contributed by atoms with Crippen LogP contribution in [0.4, 0.5) is 5.69 Å². The Kier molecular flexibility index (Phi) is 6.96. The van der Waals surface area contributed by atoms with E-state index in [-0.39, 0.29) is 24.1 Å². The normalized spacial score (nSPS) is 17.8. The van der Waals surface area contributed by atoms with Crippen molar-refractivity contribution in [3.63, 3.8) is 0 Å². The van der Waals surface area contributed by atoms with E-state index in [0.29, 0.717) is 71.1 Å².